The Balaban J connectivity index is 0.00000208. The molecule has 0 aromatic carbocycles. The highest BCUT2D eigenvalue weighted by molar-refractivity contribution is 14.0. The topological polar surface area (TPSA) is 58.1 Å². The predicted octanol–water partition coefficient (Wildman–Crippen LogP) is 1.23. The van der Waals surface area contributed by atoms with E-state index in [1.165, 1.54) is 0 Å². The molecule has 2 saturated heterocycles. The van der Waals surface area contributed by atoms with Gasteiger partial charge < -0.3 is 20.1 Å². The SMILES string of the molecule is CN=C(NCC(C1CCOC1)N1CCOCC1)NC1CC=CC1.I. The second-order valence-electron chi connectivity index (χ2n) is 6.58. The first-order chi connectivity index (χ1) is 11.4. The van der Waals surface area contributed by atoms with E-state index in [4.69, 9.17) is 9.47 Å². The molecule has 0 aromatic heterocycles. The van der Waals surface area contributed by atoms with Crippen molar-refractivity contribution in [2.45, 2.75) is 31.3 Å². The van der Waals surface area contributed by atoms with Crippen molar-refractivity contribution >= 4 is 29.9 Å². The molecule has 6 nitrogen and oxygen atoms in total. The van der Waals surface area contributed by atoms with Crippen molar-refractivity contribution in [1.82, 2.24) is 15.5 Å². The van der Waals surface area contributed by atoms with E-state index in [1.807, 2.05) is 7.05 Å². The van der Waals surface area contributed by atoms with Crippen LogP contribution in [-0.4, -0.2) is 76.1 Å². The van der Waals surface area contributed by atoms with Gasteiger partial charge in [-0.05, 0) is 19.3 Å². The maximum absolute atomic E-state index is 5.63. The average molecular weight is 450 g/mol. The minimum absolute atomic E-state index is 0. The van der Waals surface area contributed by atoms with E-state index in [0.717, 1.165) is 71.3 Å². The highest BCUT2D eigenvalue weighted by Gasteiger charge is 2.31. The first-order valence-corrected chi connectivity index (χ1v) is 8.88. The molecule has 2 atom stereocenters. The number of rotatable bonds is 5. The molecule has 2 unspecified atom stereocenters. The maximum Gasteiger partial charge on any atom is 0.191 e. The molecule has 24 heavy (non-hydrogen) atoms. The number of nitrogens with zero attached hydrogens (tertiary/aromatic N) is 2. The van der Waals surface area contributed by atoms with E-state index in [2.05, 4.69) is 32.7 Å². The zero-order chi connectivity index (χ0) is 15.9. The van der Waals surface area contributed by atoms with Crippen molar-refractivity contribution in [3.8, 4) is 0 Å². The summed E-state index contributed by atoms with van der Waals surface area (Å²) in [6.07, 6.45) is 7.80. The number of halogens is 1. The lowest BCUT2D eigenvalue weighted by atomic mass is 9.97. The fraction of sp³-hybridized carbons (Fsp3) is 0.824. The Kier molecular flexibility index (Phi) is 8.79. The van der Waals surface area contributed by atoms with Crippen molar-refractivity contribution in [2.75, 3.05) is 53.1 Å². The van der Waals surface area contributed by atoms with Crippen LogP contribution >= 0.6 is 24.0 Å². The van der Waals surface area contributed by atoms with E-state index < -0.39 is 0 Å². The summed E-state index contributed by atoms with van der Waals surface area (Å²) in [6.45, 7) is 6.39. The van der Waals surface area contributed by atoms with Gasteiger partial charge in [-0.15, -0.1) is 24.0 Å². The largest absolute Gasteiger partial charge is 0.381 e. The number of nitrogens with one attached hydrogen (secondary N) is 2. The molecule has 7 heteroatoms. The number of morpholine rings is 1. The molecule has 0 saturated carbocycles. The van der Waals surface area contributed by atoms with Crippen LogP contribution in [-0.2, 0) is 9.47 Å². The summed E-state index contributed by atoms with van der Waals surface area (Å²) in [6, 6.07) is 0.972. The molecule has 3 aliphatic rings. The lowest BCUT2D eigenvalue weighted by Crippen LogP contribution is -2.54. The van der Waals surface area contributed by atoms with Crippen LogP contribution < -0.4 is 10.6 Å². The van der Waals surface area contributed by atoms with Crippen LogP contribution in [0.15, 0.2) is 17.1 Å². The van der Waals surface area contributed by atoms with Gasteiger partial charge in [0.1, 0.15) is 0 Å². The van der Waals surface area contributed by atoms with Gasteiger partial charge >= 0.3 is 0 Å². The van der Waals surface area contributed by atoms with Crippen molar-refractivity contribution < 1.29 is 9.47 Å². The highest BCUT2D eigenvalue weighted by Crippen LogP contribution is 2.21. The molecule has 3 rings (SSSR count). The number of aliphatic imine (C=N–C) groups is 1. The van der Waals surface area contributed by atoms with Crippen LogP contribution in [0.3, 0.4) is 0 Å². The van der Waals surface area contributed by atoms with Crippen molar-refractivity contribution in [1.29, 1.82) is 0 Å². The van der Waals surface area contributed by atoms with Gasteiger partial charge in [0, 0.05) is 51.3 Å². The van der Waals surface area contributed by atoms with Crippen LogP contribution in [0, 0.1) is 5.92 Å². The van der Waals surface area contributed by atoms with Gasteiger partial charge in [0.25, 0.3) is 0 Å². The maximum atomic E-state index is 5.63. The summed E-state index contributed by atoms with van der Waals surface area (Å²) in [5.41, 5.74) is 0. The Labute approximate surface area is 162 Å². The fourth-order valence-corrected chi connectivity index (χ4v) is 3.68. The molecule has 2 N–H and O–H groups in total. The number of ether oxygens (including phenoxy) is 2. The third kappa shape index (κ3) is 5.57. The zero-order valence-electron chi connectivity index (χ0n) is 14.6. The number of guanidine groups is 1. The van der Waals surface area contributed by atoms with Gasteiger partial charge in [0.05, 0.1) is 19.8 Å². The normalized spacial score (nSPS) is 27.0. The highest BCUT2D eigenvalue weighted by atomic mass is 127. The Morgan fingerprint density at radius 1 is 1.21 bits per heavy atom. The molecule has 0 spiro atoms. The molecular weight excluding hydrogens is 419 g/mol. The molecule has 2 heterocycles. The van der Waals surface area contributed by atoms with Crippen molar-refractivity contribution in [2.24, 2.45) is 10.9 Å². The van der Waals surface area contributed by atoms with Gasteiger partial charge in [0.2, 0.25) is 0 Å². The van der Waals surface area contributed by atoms with Gasteiger partial charge in [-0.1, -0.05) is 12.2 Å². The monoisotopic (exact) mass is 450 g/mol. The molecule has 138 valence electrons. The Morgan fingerprint density at radius 2 is 1.96 bits per heavy atom. The van der Waals surface area contributed by atoms with E-state index in [9.17, 15) is 0 Å². The van der Waals surface area contributed by atoms with Gasteiger partial charge in [0.15, 0.2) is 5.96 Å². The van der Waals surface area contributed by atoms with E-state index >= 15 is 0 Å². The minimum atomic E-state index is 0. The predicted molar refractivity (Wildman–Crippen MR) is 107 cm³/mol. The smallest absolute Gasteiger partial charge is 0.191 e. The summed E-state index contributed by atoms with van der Waals surface area (Å²) in [7, 11) is 1.85. The fourth-order valence-electron chi connectivity index (χ4n) is 3.68. The van der Waals surface area contributed by atoms with Crippen molar-refractivity contribution in [3.63, 3.8) is 0 Å². The minimum Gasteiger partial charge on any atom is -0.381 e. The molecule has 0 aromatic rings. The van der Waals surface area contributed by atoms with Gasteiger partial charge in [-0.3, -0.25) is 9.89 Å². The molecule has 1 aliphatic carbocycles. The van der Waals surface area contributed by atoms with E-state index in [0.29, 0.717) is 18.0 Å². The Hall–Kier alpha value is -0.380. The Morgan fingerprint density at radius 3 is 2.58 bits per heavy atom. The van der Waals surface area contributed by atoms with Crippen LogP contribution in [0.5, 0.6) is 0 Å². The van der Waals surface area contributed by atoms with Crippen LogP contribution in [0.1, 0.15) is 19.3 Å². The van der Waals surface area contributed by atoms with Crippen LogP contribution in [0.2, 0.25) is 0 Å². The lowest BCUT2D eigenvalue weighted by molar-refractivity contribution is 0.00246. The average Bonchev–Trinajstić information content (AvgIpc) is 3.29. The summed E-state index contributed by atoms with van der Waals surface area (Å²) in [5.74, 6) is 1.52. The Bertz CT molecular complexity index is 413. The first kappa shape index (κ1) is 19.9. The summed E-state index contributed by atoms with van der Waals surface area (Å²) < 4.78 is 11.1. The summed E-state index contributed by atoms with van der Waals surface area (Å²) in [4.78, 5) is 6.94. The second kappa shape index (κ2) is 10.6. The van der Waals surface area contributed by atoms with Crippen LogP contribution in [0.25, 0.3) is 0 Å². The lowest BCUT2D eigenvalue weighted by Gasteiger charge is -2.37. The zero-order valence-corrected chi connectivity index (χ0v) is 16.9. The molecule has 2 aliphatic heterocycles. The second-order valence-corrected chi connectivity index (χ2v) is 6.58. The first-order valence-electron chi connectivity index (χ1n) is 8.88. The third-order valence-electron chi connectivity index (χ3n) is 5.07. The third-order valence-corrected chi connectivity index (χ3v) is 5.07. The quantitative estimate of drug-likeness (QED) is 0.286. The molecule has 0 radical (unpaired) electrons. The van der Waals surface area contributed by atoms with Crippen molar-refractivity contribution in [3.05, 3.63) is 12.2 Å². The molecule has 0 amide bonds. The standard InChI is InChI=1S/C17H30N4O2.HI/c1-18-17(20-15-4-2-3-5-15)19-12-16(14-6-9-23-13-14)21-7-10-22-11-8-21;/h2-3,14-16H,4-13H2,1H3,(H2,18,19,20);1H. The summed E-state index contributed by atoms with van der Waals surface area (Å²) in [5, 5.41) is 7.06. The number of hydrogen-bond acceptors (Lipinski definition) is 4. The van der Waals surface area contributed by atoms with E-state index in [1.54, 1.807) is 0 Å². The number of hydrogen-bond donors (Lipinski definition) is 2. The molecule has 0 bridgehead atoms. The molecular formula is C17H31IN4O2. The summed E-state index contributed by atoms with van der Waals surface area (Å²) >= 11 is 0. The van der Waals surface area contributed by atoms with E-state index in [-0.39, 0.29) is 24.0 Å². The van der Waals surface area contributed by atoms with Crippen LogP contribution in [0.4, 0.5) is 0 Å². The van der Waals surface area contributed by atoms with Gasteiger partial charge in [-0.2, -0.15) is 0 Å². The van der Waals surface area contributed by atoms with Gasteiger partial charge in [-0.25, -0.2) is 0 Å². The molecule has 2 fully saturated rings.